The number of halogens is 2. The quantitative estimate of drug-likeness (QED) is 0.303. The fourth-order valence-electron chi connectivity index (χ4n) is 6.03. The van der Waals surface area contributed by atoms with Crippen LogP contribution in [0.3, 0.4) is 0 Å². The van der Waals surface area contributed by atoms with Crippen molar-refractivity contribution in [2.75, 3.05) is 44.2 Å². The molecule has 0 unspecified atom stereocenters. The summed E-state index contributed by atoms with van der Waals surface area (Å²) in [4.78, 5) is 53.4. The minimum Gasteiger partial charge on any atom is -0.463 e. The lowest BCUT2D eigenvalue weighted by Gasteiger charge is -2.38. The average molecular weight is 683 g/mol. The maximum absolute atomic E-state index is 13.6. The van der Waals surface area contributed by atoms with E-state index in [1.165, 1.54) is 11.3 Å². The number of nitrogens with one attached hydrogen (secondary N) is 1. The van der Waals surface area contributed by atoms with Crippen molar-refractivity contribution in [3.05, 3.63) is 91.5 Å². The number of aromatic nitrogens is 1. The zero-order valence-electron chi connectivity index (χ0n) is 25.1. The first kappa shape index (κ1) is 32.0. The number of hydrogen-bond donors (Lipinski definition) is 2. The van der Waals surface area contributed by atoms with Crippen molar-refractivity contribution in [3.63, 3.8) is 0 Å². The smallest absolute Gasteiger partial charge is 0.338 e. The second-order valence-corrected chi connectivity index (χ2v) is 13.0. The molecule has 2 atom stereocenters. The monoisotopic (exact) mass is 681 g/mol. The Balaban J connectivity index is 1.25. The number of benzene rings is 2. The fraction of sp³-hybridized carbons (Fsp3) is 0.344. The third kappa shape index (κ3) is 6.75. The number of carbonyl (C=O) groups excluding carboxylic acids is 3. The second-order valence-electron chi connectivity index (χ2n) is 11.2. The van der Waals surface area contributed by atoms with Crippen molar-refractivity contribution in [1.29, 1.82) is 0 Å². The SMILES string of the molecule is CCOC(=O)C1=C(CN2CCN3C(=O)N(c4ccc(CCC(N)=O)cc4)C[C@@H]3C2)NC(c2nccs2)=N[C@H]1c1ccc(Cl)cc1Cl. The fourth-order valence-corrected chi connectivity index (χ4v) is 7.13. The second kappa shape index (κ2) is 13.8. The van der Waals surface area contributed by atoms with E-state index in [0.29, 0.717) is 76.9 Å². The van der Waals surface area contributed by atoms with Gasteiger partial charge < -0.3 is 20.7 Å². The van der Waals surface area contributed by atoms with Gasteiger partial charge in [-0.15, -0.1) is 11.3 Å². The van der Waals surface area contributed by atoms with E-state index in [9.17, 15) is 14.4 Å². The summed E-state index contributed by atoms with van der Waals surface area (Å²) < 4.78 is 5.53. The molecule has 2 fully saturated rings. The molecule has 2 saturated heterocycles. The number of esters is 1. The lowest BCUT2D eigenvalue weighted by atomic mass is 9.95. The van der Waals surface area contributed by atoms with E-state index in [0.717, 1.165) is 11.3 Å². The van der Waals surface area contributed by atoms with Gasteiger partial charge in [0.15, 0.2) is 10.8 Å². The number of amides is 3. The predicted octanol–water partition coefficient (Wildman–Crippen LogP) is 4.40. The molecular formula is C32H33Cl2N7O4S. The molecule has 3 aliphatic heterocycles. The Kier molecular flexibility index (Phi) is 9.60. The van der Waals surface area contributed by atoms with E-state index in [-0.39, 0.29) is 31.0 Å². The number of aryl methyl sites for hydroxylation is 1. The molecule has 11 nitrogen and oxygen atoms in total. The number of rotatable bonds is 10. The standard InChI is InChI=1S/C32H33Cl2N7O4S/c1-2-45-31(43)27-25(37-29(30-36-11-14-46-30)38-28(27)23-9-6-20(33)15-24(23)34)18-39-12-13-40-22(16-39)17-41(32(40)44)21-7-3-19(4-8-21)5-10-26(35)42/h3-4,6-9,11,14-15,22,28H,2,5,10,12-13,16-18H2,1H3,(H2,35,42)(H,37,38)/t22-,28-/m0/s1. The molecule has 6 rings (SSSR count). The van der Waals surface area contributed by atoms with Crippen molar-refractivity contribution in [2.45, 2.75) is 31.8 Å². The van der Waals surface area contributed by atoms with Crippen molar-refractivity contribution < 1.29 is 19.1 Å². The number of ether oxygens (including phenoxy) is 1. The van der Waals surface area contributed by atoms with Crippen LogP contribution in [0.2, 0.25) is 10.0 Å². The molecule has 3 aliphatic rings. The van der Waals surface area contributed by atoms with Crippen LogP contribution in [0.15, 0.2) is 70.3 Å². The summed E-state index contributed by atoms with van der Waals surface area (Å²) >= 11 is 14.3. The van der Waals surface area contributed by atoms with Crippen LogP contribution in [0.25, 0.3) is 0 Å². The van der Waals surface area contributed by atoms with Crippen LogP contribution in [0.5, 0.6) is 0 Å². The highest BCUT2D eigenvalue weighted by atomic mass is 35.5. The van der Waals surface area contributed by atoms with Gasteiger partial charge in [0, 0.05) is 77.7 Å². The Morgan fingerprint density at radius 1 is 1.13 bits per heavy atom. The van der Waals surface area contributed by atoms with Crippen LogP contribution in [0.4, 0.5) is 10.5 Å². The third-order valence-electron chi connectivity index (χ3n) is 8.24. The normalized spacial score (nSPS) is 20.0. The van der Waals surface area contributed by atoms with E-state index in [1.807, 2.05) is 34.5 Å². The molecule has 2 aromatic carbocycles. The molecule has 0 aliphatic carbocycles. The van der Waals surface area contributed by atoms with Gasteiger partial charge in [-0.2, -0.15) is 0 Å². The lowest BCUT2D eigenvalue weighted by molar-refractivity contribution is -0.139. The van der Waals surface area contributed by atoms with Crippen LogP contribution in [0.1, 0.15) is 35.5 Å². The van der Waals surface area contributed by atoms with E-state index >= 15 is 0 Å². The van der Waals surface area contributed by atoms with Gasteiger partial charge in [0.2, 0.25) is 5.91 Å². The maximum atomic E-state index is 13.6. The average Bonchev–Trinajstić information content (AvgIpc) is 3.69. The van der Waals surface area contributed by atoms with Gasteiger partial charge in [0.05, 0.1) is 18.2 Å². The third-order valence-corrected chi connectivity index (χ3v) is 9.58. The molecule has 46 heavy (non-hydrogen) atoms. The zero-order valence-corrected chi connectivity index (χ0v) is 27.4. The first-order valence-electron chi connectivity index (χ1n) is 15.0. The molecule has 1 aromatic heterocycles. The summed E-state index contributed by atoms with van der Waals surface area (Å²) in [6.07, 6.45) is 2.54. The Morgan fingerprint density at radius 2 is 1.93 bits per heavy atom. The number of primary amides is 1. The molecule has 14 heteroatoms. The van der Waals surface area contributed by atoms with Crippen LogP contribution < -0.4 is 16.0 Å². The molecule has 3 amide bonds. The number of thiazole rings is 1. The number of urea groups is 1. The lowest BCUT2D eigenvalue weighted by Crippen LogP contribution is -2.53. The largest absolute Gasteiger partial charge is 0.463 e. The Labute approximate surface area is 280 Å². The summed E-state index contributed by atoms with van der Waals surface area (Å²) in [7, 11) is 0. The van der Waals surface area contributed by atoms with Gasteiger partial charge in [0.1, 0.15) is 6.04 Å². The van der Waals surface area contributed by atoms with Crippen molar-refractivity contribution in [1.82, 2.24) is 20.1 Å². The maximum Gasteiger partial charge on any atom is 0.338 e. The Morgan fingerprint density at radius 3 is 2.63 bits per heavy atom. The van der Waals surface area contributed by atoms with Crippen molar-refractivity contribution >= 4 is 64.0 Å². The molecule has 0 spiro atoms. The van der Waals surface area contributed by atoms with Gasteiger partial charge in [-0.1, -0.05) is 41.4 Å². The zero-order chi connectivity index (χ0) is 32.4. The van der Waals surface area contributed by atoms with Crippen LogP contribution in [0, 0.1) is 0 Å². The van der Waals surface area contributed by atoms with Crippen LogP contribution in [-0.4, -0.2) is 83.9 Å². The number of nitrogens with zero attached hydrogens (tertiary/aromatic N) is 5. The summed E-state index contributed by atoms with van der Waals surface area (Å²) in [6, 6.07) is 12.0. The summed E-state index contributed by atoms with van der Waals surface area (Å²) in [6.45, 7) is 4.65. The van der Waals surface area contributed by atoms with Gasteiger partial charge >= 0.3 is 12.0 Å². The molecule has 4 heterocycles. The first-order chi connectivity index (χ1) is 22.2. The minimum atomic E-state index is -0.741. The van der Waals surface area contributed by atoms with Gasteiger partial charge in [-0.25, -0.2) is 14.6 Å². The minimum absolute atomic E-state index is 0.0348. The first-order valence-corrected chi connectivity index (χ1v) is 16.6. The molecule has 3 N–H and O–H groups in total. The number of amidine groups is 1. The number of hydrogen-bond acceptors (Lipinski definition) is 9. The molecular weight excluding hydrogens is 649 g/mol. The van der Waals surface area contributed by atoms with E-state index in [2.05, 4.69) is 15.2 Å². The van der Waals surface area contributed by atoms with Crippen LogP contribution in [-0.2, 0) is 20.7 Å². The highest BCUT2D eigenvalue weighted by Gasteiger charge is 2.42. The topological polar surface area (TPSA) is 133 Å². The summed E-state index contributed by atoms with van der Waals surface area (Å²) in [5.74, 6) is -0.290. The number of piperazine rings is 1. The van der Waals surface area contributed by atoms with E-state index in [4.69, 9.17) is 38.7 Å². The van der Waals surface area contributed by atoms with Gasteiger partial charge in [-0.3, -0.25) is 19.6 Å². The number of nitrogens with two attached hydrogens (primary N) is 1. The van der Waals surface area contributed by atoms with Gasteiger partial charge in [0.25, 0.3) is 0 Å². The number of carbonyl (C=O) groups is 3. The summed E-state index contributed by atoms with van der Waals surface area (Å²) in [5, 5.41) is 6.81. The van der Waals surface area contributed by atoms with E-state index < -0.39 is 12.0 Å². The Bertz CT molecular complexity index is 1700. The number of aliphatic imine (C=N–C) groups is 1. The highest BCUT2D eigenvalue weighted by Crippen LogP contribution is 2.38. The highest BCUT2D eigenvalue weighted by molar-refractivity contribution is 7.11. The van der Waals surface area contributed by atoms with Gasteiger partial charge in [-0.05, 0) is 43.2 Å². The molecule has 240 valence electrons. The van der Waals surface area contributed by atoms with Crippen LogP contribution >= 0.6 is 34.5 Å². The predicted molar refractivity (Wildman–Crippen MR) is 178 cm³/mol. The molecule has 0 radical (unpaired) electrons. The van der Waals surface area contributed by atoms with Crippen molar-refractivity contribution in [3.8, 4) is 0 Å². The molecule has 0 bridgehead atoms. The summed E-state index contributed by atoms with van der Waals surface area (Å²) in [5.41, 5.74) is 8.73. The molecule has 3 aromatic rings. The van der Waals surface area contributed by atoms with E-state index in [1.54, 1.807) is 36.2 Å². The number of anilines is 1. The number of fused-ring (bicyclic) bond motifs is 1. The molecule has 0 saturated carbocycles. The Hall–Kier alpha value is -3.97. The van der Waals surface area contributed by atoms with Crippen molar-refractivity contribution in [2.24, 2.45) is 10.7 Å².